The van der Waals surface area contributed by atoms with Crippen LogP contribution in [0.3, 0.4) is 0 Å². The van der Waals surface area contributed by atoms with E-state index in [-0.39, 0.29) is 24.2 Å². The summed E-state index contributed by atoms with van der Waals surface area (Å²) in [4.78, 5) is 12.0. The molecule has 1 aromatic carbocycles. The van der Waals surface area contributed by atoms with Crippen LogP contribution in [-0.4, -0.2) is 39.8 Å². The summed E-state index contributed by atoms with van der Waals surface area (Å²) < 4.78 is 10.5. The van der Waals surface area contributed by atoms with E-state index >= 15 is 0 Å². The van der Waals surface area contributed by atoms with Crippen LogP contribution in [0.25, 0.3) is 0 Å². The van der Waals surface area contributed by atoms with Crippen LogP contribution < -0.4 is 20.1 Å². The first-order valence-electron chi connectivity index (χ1n) is 7.44. The number of benzene rings is 1. The van der Waals surface area contributed by atoms with E-state index in [0.29, 0.717) is 6.54 Å². The number of carbonyl (C=O) groups is 1. The number of rotatable bonds is 6. The number of ether oxygens (including phenoxy) is 2. The van der Waals surface area contributed by atoms with E-state index in [0.717, 1.165) is 49.4 Å². The molecular weight excluding hydrogens is 304 g/mol. The van der Waals surface area contributed by atoms with E-state index in [2.05, 4.69) is 10.6 Å². The molecule has 22 heavy (non-hydrogen) atoms. The molecular formula is C16H25ClN2O3. The van der Waals surface area contributed by atoms with Gasteiger partial charge in [-0.05, 0) is 43.5 Å². The van der Waals surface area contributed by atoms with E-state index in [1.807, 2.05) is 18.2 Å². The Hall–Kier alpha value is -1.46. The molecule has 124 valence electrons. The van der Waals surface area contributed by atoms with Crippen molar-refractivity contribution < 1.29 is 14.3 Å². The second-order valence-electron chi connectivity index (χ2n) is 5.27. The highest BCUT2D eigenvalue weighted by Gasteiger charge is 2.20. The van der Waals surface area contributed by atoms with Crippen molar-refractivity contribution in [2.75, 3.05) is 33.9 Å². The van der Waals surface area contributed by atoms with E-state index in [4.69, 9.17) is 9.47 Å². The lowest BCUT2D eigenvalue weighted by Crippen LogP contribution is -2.41. The lowest BCUT2D eigenvalue weighted by Gasteiger charge is -2.21. The predicted molar refractivity (Wildman–Crippen MR) is 89.1 cm³/mol. The Labute approximate surface area is 138 Å². The molecule has 0 aromatic heterocycles. The lowest BCUT2D eigenvalue weighted by atomic mass is 9.99. The zero-order valence-corrected chi connectivity index (χ0v) is 14.0. The molecule has 1 aliphatic heterocycles. The summed E-state index contributed by atoms with van der Waals surface area (Å²) >= 11 is 0. The van der Waals surface area contributed by atoms with E-state index in [1.165, 1.54) is 0 Å². The molecule has 1 aliphatic rings. The Bertz CT molecular complexity index is 476. The van der Waals surface area contributed by atoms with Gasteiger partial charge in [-0.15, -0.1) is 12.4 Å². The van der Waals surface area contributed by atoms with Crippen molar-refractivity contribution in [3.63, 3.8) is 0 Å². The first kappa shape index (κ1) is 18.6. The van der Waals surface area contributed by atoms with Crippen molar-refractivity contribution in [3.05, 3.63) is 23.8 Å². The number of carbonyl (C=O) groups excluding carboxylic acids is 1. The molecule has 2 rings (SSSR count). The maximum absolute atomic E-state index is 12.0. The first-order valence-corrected chi connectivity index (χ1v) is 7.44. The Balaban J connectivity index is 0.00000242. The number of nitrogens with one attached hydrogen (secondary N) is 2. The summed E-state index contributed by atoms with van der Waals surface area (Å²) in [5.41, 5.74) is 1.12. The predicted octanol–water partition coefficient (Wildman–Crippen LogP) is 1.78. The fourth-order valence-electron chi connectivity index (χ4n) is 2.59. The largest absolute Gasteiger partial charge is 0.493 e. The highest BCUT2D eigenvalue weighted by Crippen LogP contribution is 2.27. The third-order valence-corrected chi connectivity index (χ3v) is 3.83. The maximum atomic E-state index is 12.0. The van der Waals surface area contributed by atoms with Crippen molar-refractivity contribution in [1.29, 1.82) is 0 Å². The number of piperidine rings is 1. The number of hydrogen-bond donors (Lipinski definition) is 2. The first-order chi connectivity index (χ1) is 10.2. The van der Waals surface area contributed by atoms with Crippen LogP contribution in [0.4, 0.5) is 0 Å². The van der Waals surface area contributed by atoms with Crippen LogP contribution in [0.2, 0.25) is 0 Å². The highest BCUT2D eigenvalue weighted by molar-refractivity contribution is 5.85. The second kappa shape index (κ2) is 9.54. The van der Waals surface area contributed by atoms with Gasteiger partial charge in [-0.3, -0.25) is 4.79 Å². The molecule has 1 amide bonds. The molecule has 1 fully saturated rings. The number of methoxy groups -OCH3 is 2. The Morgan fingerprint density at radius 3 is 2.73 bits per heavy atom. The fraction of sp³-hybridized carbons (Fsp3) is 0.562. The number of halogens is 1. The third kappa shape index (κ3) is 5.07. The minimum Gasteiger partial charge on any atom is -0.493 e. The highest BCUT2D eigenvalue weighted by atomic mass is 35.5. The summed E-state index contributed by atoms with van der Waals surface area (Å²) in [6.45, 7) is 2.46. The average molecular weight is 329 g/mol. The van der Waals surface area contributed by atoms with Gasteiger partial charge in [0.15, 0.2) is 11.5 Å². The van der Waals surface area contributed by atoms with Crippen molar-refractivity contribution >= 4 is 18.3 Å². The van der Waals surface area contributed by atoms with Crippen molar-refractivity contribution in [1.82, 2.24) is 10.6 Å². The maximum Gasteiger partial charge on any atom is 0.224 e. The number of amides is 1. The average Bonchev–Trinajstić information content (AvgIpc) is 2.55. The van der Waals surface area contributed by atoms with E-state index < -0.39 is 0 Å². The second-order valence-corrected chi connectivity index (χ2v) is 5.27. The molecule has 0 unspecified atom stereocenters. The van der Waals surface area contributed by atoms with Crippen LogP contribution in [0.15, 0.2) is 18.2 Å². The van der Waals surface area contributed by atoms with Gasteiger partial charge in [0.25, 0.3) is 0 Å². The molecule has 1 saturated heterocycles. The molecule has 5 nitrogen and oxygen atoms in total. The van der Waals surface area contributed by atoms with Crippen LogP contribution in [0.5, 0.6) is 11.5 Å². The molecule has 0 radical (unpaired) electrons. The Morgan fingerprint density at radius 2 is 2.09 bits per heavy atom. The van der Waals surface area contributed by atoms with Crippen LogP contribution in [0, 0.1) is 5.92 Å². The topological polar surface area (TPSA) is 59.6 Å². The third-order valence-electron chi connectivity index (χ3n) is 3.83. The van der Waals surface area contributed by atoms with E-state index in [9.17, 15) is 4.79 Å². The smallest absolute Gasteiger partial charge is 0.224 e. The molecule has 1 aromatic rings. The Morgan fingerprint density at radius 1 is 1.32 bits per heavy atom. The van der Waals surface area contributed by atoms with Gasteiger partial charge in [-0.1, -0.05) is 6.07 Å². The minimum absolute atomic E-state index is 0. The molecule has 0 saturated carbocycles. The van der Waals surface area contributed by atoms with Crippen molar-refractivity contribution in [3.8, 4) is 11.5 Å². The summed E-state index contributed by atoms with van der Waals surface area (Å²) in [5.74, 6) is 1.71. The monoisotopic (exact) mass is 328 g/mol. The zero-order valence-electron chi connectivity index (χ0n) is 13.2. The quantitative estimate of drug-likeness (QED) is 0.836. The van der Waals surface area contributed by atoms with Gasteiger partial charge in [0.1, 0.15) is 0 Å². The molecule has 0 bridgehead atoms. The summed E-state index contributed by atoms with van der Waals surface area (Å²) in [6, 6.07) is 5.84. The molecule has 0 aliphatic carbocycles. The fourth-order valence-corrected chi connectivity index (χ4v) is 2.59. The minimum atomic E-state index is 0. The standard InChI is InChI=1S/C16H24N2O3.ClH/c1-20-14-6-5-12(10-15(14)21-2)7-9-18-16(19)13-4-3-8-17-11-13;/h5-6,10,13,17H,3-4,7-9,11H2,1-2H3,(H,18,19);1H/t13-;/m1./s1. The molecule has 6 heteroatoms. The summed E-state index contributed by atoms with van der Waals surface area (Å²) in [5, 5.41) is 6.28. The summed E-state index contributed by atoms with van der Waals surface area (Å²) in [6.07, 6.45) is 2.84. The van der Waals surface area contributed by atoms with Gasteiger partial charge in [0.05, 0.1) is 20.1 Å². The van der Waals surface area contributed by atoms with E-state index in [1.54, 1.807) is 14.2 Å². The summed E-state index contributed by atoms with van der Waals surface area (Å²) in [7, 11) is 3.25. The van der Waals surface area contributed by atoms with Gasteiger partial charge in [0.2, 0.25) is 5.91 Å². The van der Waals surface area contributed by atoms with Gasteiger partial charge < -0.3 is 20.1 Å². The SMILES string of the molecule is COc1ccc(CCNC(=O)[C@@H]2CCCNC2)cc1OC.Cl. The van der Waals surface area contributed by atoms with Crippen molar-refractivity contribution in [2.45, 2.75) is 19.3 Å². The Kier molecular flexibility index (Phi) is 8.06. The van der Waals surface area contributed by atoms with Gasteiger partial charge in [-0.25, -0.2) is 0 Å². The molecule has 0 spiro atoms. The molecule has 2 N–H and O–H groups in total. The van der Waals surface area contributed by atoms with Crippen LogP contribution >= 0.6 is 12.4 Å². The molecule has 1 heterocycles. The molecule has 1 atom stereocenters. The van der Waals surface area contributed by atoms with Crippen LogP contribution in [-0.2, 0) is 11.2 Å². The van der Waals surface area contributed by atoms with Crippen molar-refractivity contribution in [2.24, 2.45) is 5.92 Å². The van der Waals surface area contributed by atoms with Gasteiger partial charge >= 0.3 is 0 Å². The van der Waals surface area contributed by atoms with Crippen LogP contribution in [0.1, 0.15) is 18.4 Å². The number of hydrogen-bond acceptors (Lipinski definition) is 4. The zero-order chi connectivity index (χ0) is 15.1. The van der Waals surface area contributed by atoms with Gasteiger partial charge in [0, 0.05) is 13.1 Å². The van der Waals surface area contributed by atoms with Gasteiger partial charge in [-0.2, -0.15) is 0 Å². The lowest BCUT2D eigenvalue weighted by molar-refractivity contribution is -0.125. The normalized spacial score (nSPS) is 17.3.